The van der Waals surface area contributed by atoms with Crippen molar-refractivity contribution in [1.82, 2.24) is 18.7 Å². The Morgan fingerprint density at radius 3 is 2.39 bits per heavy atom. The second kappa shape index (κ2) is 9.36. The Kier molecular flexibility index (Phi) is 7.01. The molecule has 0 aliphatic heterocycles. The first-order chi connectivity index (χ1) is 14.7. The smallest absolute Gasteiger partial charge is 0.332 e. The Morgan fingerprint density at radius 2 is 1.81 bits per heavy atom. The van der Waals surface area contributed by atoms with Gasteiger partial charge in [0.2, 0.25) is 0 Å². The van der Waals surface area contributed by atoms with Crippen LogP contribution in [0.2, 0.25) is 0 Å². The van der Waals surface area contributed by atoms with Gasteiger partial charge in [-0.3, -0.25) is 27.7 Å². The van der Waals surface area contributed by atoms with Crippen molar-refractivity contribution in [2.75, 3.05) is 6.67 Å². The summed E-state index contributed by atoms with van der Waals surface area (Å²) in [6, 6.07) is 0. The van der Waals surface area contributed by atoms with Crippen molar-refractivity contribution in [1.29, 1.82) is 0 Å². The summed E-state index contributed by atoms with van der Waals surface area (Å²) in [4.78, 5) is 43.5. The summed E-state index contributed by atoms with van der Waals surface area (Å²) >= 11 is 0. The number of aryl methyl sites for hydroxylation is 1. The number of rotatable bonds is 8. The van der Waals surface area contributed by atoms with Gasteiger partial charge in [0, 0.05) is 19.0 Å². The lowest BCUT2D eigenvalue weighted by molar-refractivity contribution is -0.156. The molecule has 0 bridgehead atoms. The predicted molar refractivity (Wildman–Crippen MR) is 116 cm³/mol. The summed E-state index contributed by atoms with van der Waals surface area (Å²) in [7, 11) is 0. The van der Waals surface area contributed by atoms with Crippen molar-refractivity contribution in [2.24, 2.45) is 5.41 Å². The zero-order valence-corrected chi connectivity index (χ0v) is 18.9. The van der Waals surface area contributed by atoms with Crippen LogP contribution >= 0.6 is 0 Å². The van der Waals surface area contributed by atoms with Gasteiger partial charge in [0.15, 0.2) is 17.9 Å². The first-order valence-corrected chi connectivity index (χ1v) is 11.2. The van der Waals surface area contributed by atoms with Gasteiger partial charge in [0.1, 0.15) is 5.82 Å². The molecule has 1 aliphatic rings. The number of nitrogens with zero attached hydrogens (tertiary/aromatic N) is 4. The van der Waals surface area contributed by atoms with Crippen molar-refractivity contribution in [3.05, 3.63) is 26.7 Å². The molecule has 1 fully saturated rings. The van der Waals surface area contributed by atoms with Crippen molar-refractivity contribution < 1.29 is 13.9 Å². The van der Waals surface area contributed by atoms with Gasteiger partial charge in [0.05, 0.1) is 12.1 Å². The minimum absolute atomic E-state index is 0.000455. The van der Waals surface area contributed by atoms with Gasteiger partial charge >= 0.3 is 11.7 Å². The number of fused-ring (bicyclic) bond motifs is 1. The molecule has 0 N–H and O–H groups in total. The van der Waals surface area contributed by atoms with Gasteiger partial charge in [-0.05, 0) is 46.5 Å². The van der Waals surface area contributed by atoms with Gasteiger partial charge in [-0.2, -0.15) is 0 Å². The van der Waals surface area contributed by atoms with Crippen LogP contribution < -0.4 is 11.2 Å². The fourth-order valence-corrected chi connectivity index (χ4v) is 4.11. The summed E-state index contributed by atoms with van der Waals surface area (Å²) in [5.41, 5.74) is -1.10. The highest BCUT2D eigenvalue weighted by atomic mass is 19.1. The van der Waals surface area contributed by atoms with Crippen molar-refractivity contribution >= 4 is 17.1 Å². The Morgan fingerprint density at radius 1 is 1.13 bits per heavy atom. The molecule has 0 spiro atoms. The van der Waals surface area contributed by atoms with Gasteiger partial charge < -0.3 is 4.74 Å². The van der Waals surface area contributed by atoms with Crippen LogP contribution in [0.5, 0.6) is 0 Å². The summed E-state index contributed by atoms with van der Waals surface area (Å²) < 4.78 is 22.6. The highest BCUT2D eigenvalue weighted by molar-refractivity contribution is 5.75. The van der Waals surface area contributed by atoms with Crippen molar-refractivity contribution in [3.63, 3.8) is 0 Å². The number of alkyl halides is 1. The van der Waals surface area contributed by atoms with E-state index in [1.165, 1.54) is 4.57 Å². The average molecular weight is 437 g/mol. The Hall–Kier alpha value is -2.45. The molecular formula is C22H33FN4O4. The van der Waals surface area contributed by atoms with Gasteiger partial charge in [-0.15, -0.1) is 0 Å². The molecule has 0 amide bonds. The topological polar surface area (TPSA) is 88.1 Å². The van der Waals surface area contributed by atoms with E-state index in [2.05, 4.69) is 0 Å². The Bertz CT molecular complexity index is 1050. The lowest BCUT2D eigenvalue weighted by atomic mass is 9.98. The minimum Gasteiger partial charge on any atom is -0.443 e. The van der Waals surface area contributed by atoms with Crippen LogP contribution in [0.15, 0.2) is 9.59 Å². The lowest BCUT2D eigenvalue weighted by Crippen LogP contribution is -2.41. The van der Waals surface area contributed by atoms with E-state index >= 15 is 0 Å². The Balaban J connectivity index is 2.23. The first kappa shape index (κ1) is 23.2. The van der Waals surface area contributed by atoms with Crippen LogP contribution in [0.3, 0.4) is 0 Å². The number of hydrogen-bond donors (Lipinski definition) is 0. The molecular weight excluding hydrogens is 403 g/mol. The first-order valence-electron chi connectivity index (χ1n) is 11.2. The molecule has 8 nitrogen and oxygen atoms in total. The number of halogens is 1. The molecule has 2 aromatic heterocycles. The third-order valence-electron chi connectivity index (χ3n) is 5.76. The van der Waals surface area contributed by atoms with Crippen LogP contribution in [0.4, 0.5) is 4.39 Å². The molecule has 1 aliphatic carbocycles. The summed E-state index contributed by atoms with van der Waals surface area (Å²) in [5, 5.41) is 0. The quantitative estimate of drug-likeness (QED) is 0.592. The highest BCUT2D eigenvalue weighted by Crippen LogP contribution is 2.34. The normalized spacial score (nSPS) is 15.1. The van der Waals surface area contributed by atoms with Gasteiger partial charge in [-0.25, -0.2) is 9.78 Å². The number of aromatic nitrogens is 4. The molecule has 1 saturated carbocycles. The van der Waals surface area contributed by atoms with E-state index in [0.717, 1.165) is 30.3 Å². The van der Waals surface area contributed by atoms with E-state index in [9.17, 15) is 18.8 Å². The molecule has 3 rings (SSSR count). The largest absolute Gasteiger partial charge is 0.443 e. The van der Waals surface area contributed by atoms with Crippen LogP contribution in [-0.2, 0) is 29.4 Å². The van der Waals surface area contributed by atoms with Gasteiger partial charge in [-0.1, -0.05) is 19.8 Å². The van der Waals surface area contributed by atoms with Crippen molar-refractivity contribution in [3.8, 4) is 0 Å². The fourth-order valence-electron chi connectivity index (χ4n) is 4.11. The van der Waals surface area contributed by atoms with Crippen LogP contribution in [0.1, 0.15) is 78.0 Å². The number of ether oxygens (including phenoxy) is 1. The van der Waals surface area contributed by atoms with Crippen LogP contribution in [0.25, 0.3) is 11.2 Å². The van der Waals surface area contributed by atoms with E-state index in [1.54, 1.807) is 25.3 Å². The zero-order valence-electron chi connectivity index (χ0n) is 18.9. The minimum atomic E-state index is -0.685. The number of carbonyl (C=O) groups excluding carboxylic acids is 1. The number of carbonyl (C=O) groups is 1. The maximum atomic E-state index is 13.3. The predicted octanol–water partition coefficient (Wildman–Crippen LogP) is 3.33. The highest BCUT2D eigenvalue weighted by Gasteiger charge is 2.29. The van der Waals surface area contributed by atoms with E-state index < -0.39 is 23.3 Å². The summed E-state index contributed by atoms with van der Waals surface area (Å²) in [6.45, 7) is 6.88. The summed E-state index contributed by atoms with van der Waals surface area (Å²) in [6.07, 6.45) is 4.77. The van der Waals surface area contributed by atoms with E-state index in [4.69, 9.17) is 9.72 Å². The van der Waals surface area contributed by atoms with E-state index in [1.807, 2.05) is 6.92 Å². The molecule has 2 aromatic rings. The second-order valence-corrected chi connectivity index (χ2v) is 9.30. The number of esters is 1. The third-order valence-corrected chi connectivity index (χ3v) is 5.76. The fraction of sp³-hybridized carbons (Fsp3) is 0.727. The molecule has 0 atom stereocenters. The average Bonchev–Trinajstić information content (AvgIpc) is 3.36. The lowest BCUT2D eigenvalue weighted by Gasteiger charge is -2.19. The number of imidazole rings is 1. The molecule has 9 heteroatoms. The molecule has 0 saturated heterocycles. The Labute approximate surface area is 181 Å². The van der Waals surface area contributed by atoms with Gasteiger partial charge in [0.25, 0.3) is 5.56 Å². The molecule has 31 heavy (non-hydrogen) atoms. The molecule has 172 valence electrons. The van der Waals surface area contributed by atoms with Crippen molar-refractivity contribution in [2.45, 2.75) is 92.0 Å². The van der Waals surface area contributed by atoms with Crippen LogP contribution in [0, 0.1) is 5.41 Å². The molecule has 0 radical (unpaired) electrons. The third kappa shape index (κ3) is 4.60. The number of hydrogen-bond acceptors (Lipinski definition) is 5. The molecule has 0 unspecified atom stereocenters. The second-order valence-electron chi connectivity index (χ2n) is 9.30. The standard InChI is InChI=1S/C22H33FN4O4/c1-5-12-25-18-16(19(28)26(21(25)30)13-8-11-23)27(14-31-20(29)22(2,3)4)17(24-18)15-9-6-7-10-15/h15H,5-14H2,1-4H3. The maximum absolute atomic E-state index is 13.3. The maximum Gasteiger partial charge on any atom is 0.332 e. The molecule has 2 heterocycles. The van der Waals surface area contributed by atoms with E-state index in [-0.39, 0.29) is 37.1 Å². The van der Waals surface area contributed by atoms with E-state index in [0.29, 0.717) is 24.4 Å². The molecule has 0 aromatic carbocycles. The zero-order chi connectivity index (χ0) is 22.8. The van der Waals surface area contributed by atoms with Crippen LogP contribution in [-0.4, -0.2) is 31.3 Å². The monoisotopic (exact) mass is 436 g/mol. The summed E-state index contributed by atoms with van der Waals surface area (Å²) in [5.74, 6) is 0.440. The SMILES string of the molecule is CCCn1c(=O)n(CCCF)c(=O)c2c1nc(C1CCCC1)n2COC(=O)C(C)(C)C.